The van der Waals surface area contributed by atoms with Gasteiger partial charge in [0.2, 0.25) is 11.8 Å². The molecule has 0 aliphatic heterocycles. The van der Waals surface area contributed by atoms with Crippen molar-refractivity contribution in [2.45, 2.75) is 25.9 Å². The zero-order chi connectivity index (χ0) is 21.3. The van der Waals surface area contributed by atoms with Gasteiger partial charge in [0, 0.05) is 31.0 Å². The number of methoxy groups -OCH3 is 1. The summed E-state index contributed by atoms with van der Waals surface area (Å²) < 4.78 is 7.64. The Morgan fingerprint density at radius 1 is 1.10 bits per heavy atom. The van der Waals surface area contributed by atoms with Crippen LogP contribution < -0.4 is 15.4 Å². The quantitative estimate of drug-likeness (QED) is 0.500. The van der Waals surface area contributed by atoms with Crippen LogP contribution in [0.15, 0.2) is 65.4 Å². The van der Waals surface area contributed by atoms with E-state index in [2.05, 4.69) is 31.7 Å². The Hall–Kier alpha value is -3.13. The van der Waals surface area contributed by atoms with Crippen LogP contribution in [0.2, 0.25) is 0 Å². The topological polar surface area (TPSA) is 85.3 Å². The van der Waals surface area contributed by atoms with Crippen LogP contribution in [0, 0.1) is 0 Å². The van der Waals surface area contributed by atoms with E-state index >= 15 is 0 Å². The molecule has 0 bridgehead atoms. The number of aromatic nitrogens is 2. The molecule has 156 valence electrons. The standard InChI is InChI=1S/C22H23BrN4O3/c1-30-20-8-6-16(13-19(20)23)7-9-21(28)24-14-17-4-2-5-18(12-17)26-22(29)15-27-11-3-10-25-27/h2-6,8,10-13H,7,9,14-15H2,1H3,(H,24,28)(H,26,29). The molecule has 0 radical (unpaired) electrons. The number of carbonyl (C=O) groups excluding carboxylic acids is 2. The Bertz CT molecular complexity index is 1010. The molecule has 1 heterocycles. The molecule has 1 aromatic heterocycles. The Labute approximate surface area is 183 Å². The highest BCUT2D eigenvalue weighted by atomic mass is 79.9. The number of halogens is 1. The van der Waals surface area contributed by atoms with Gasteiger partial charge in [0.05, 0.1) is 11.6 Å². The molecular weight excluding hydrogens is 448 g/mol. The summed E-state index contributed by atoms with van der Waals surface area (Å²) in [7, 11) is 1.62. The van der Waals surface area contributed by atoms with Crippen LogP contribution in [0.4, 0.5) is 5.69 Å². The summed E-state index contributed by atoms with van der Waals surface area (Å²) in [5.41, 5.74) is 2.65. The van der Waals surface area contributed by atoms with Gasteiger partial charge in [0.25, 0.3) is 0 Å². The van der Waals surface area contributed by atoms with Crippen LogP contribution in [0.25, 0.3) is 0 Å². The molecule has 30 heavy (non-hydrogen) atoms. The summed E-state index contributed by atoms with van der Waals surface area (Å²) in [6.45, 7) is 0.545. The van der Waals surface area contributed by atoms with Crippen molar-refractivity contribution in [2.75, 3.05) is 12.4 Å². The fourth-order valence-corrected chi connectivity index (χ4v) is 3.50. The van der Waals surface area contributed by atoms with Crippen molar-refractivity contribution < 1.29 is 14.3 Å². The first-order valence-corrected chi connectivity index (χ1v) is 10.3. The van der Waals surface area contributed by atoms with Crippen LogP contribution in [0.3, 0.4) is 0 Å². The number of nitrogens with zero attached hydrogens (tertiary/aromatic N) is 2. The SMILES string of the molecule is COc1ccc(CCC(=O)NCc2cccc(NC(=O)Cn3cccn3)c2)cc1Br. The maximum atomic E-state index is 12.2. The number of anilines is 1. The Morgan fingerprint density at radius 3 is 2.70 bits per heavy atom. The zero-order valence-electron chi connectivity index (χ0n) is 16.6. The van der Waals surface area contributed by atoms with Crippen molar-refractivity contribution in [3.63, 3.8) is 0 Å². The van der Waals surface area contributed by atoms with Gasteiger partial charge in [-0.05, 0) is 63.8 Å². The van der Waals surface area contributed by atoms with E-state index in [4.69, 9.17) is 4.74 Å². The second-order valence-corrected chi connectivity index (χ2v) is 7.55. The van der Waals surface area contributed by atoms with Crippen molar-refractivity contribution in [2.24, 2.45) is 0 Å². The minimum atomic E-state index is -0.162. The molecule has 0 saturated carbocycles. The molecule has 0 unspecified atom stereocenters. The zero-order valence-corrected chi connectivity index (χ0v) is 18.2. The maximum absolute atomic E-state index is 12.2. The monoisotopic (exact) mass is 470 g/mol. The van der Waals surface area contributed by atoms with Gasteiger partial charge < -0.3 is 15.4 Å². The van der Waals surface area contributed by atoms with Crippen molar-refractivity contribution in [3.8, 4) is 5.75 Å². The average molecular weight is 471 g/mol. The average Bonchev–Trinajstić information content (AvgIpc) is 3.24. The lowest BCUT2D eigenvalue weighted by molar-refractivity contribution is -0.121. The molecule has 2 N–H and O–H groups in total. The fraction of sp³-hybridized carbons (Fsp3) is 0.227. The van der Waals surface area contributed by atoms with Gasteiger partial charge in [0.15, 0.2) is 0 Å². The van der Waals surface area contributed by atoms with E-state index in [-0.39, 0.29) is 18.4 Å². The second kappa shape index (κ2) is 10.6. The summed E-state index contributed by atoms with van der Waals surface area (Å²) >= 11 is 3.46. The third-order valence-corrected chi connectivity index (χ3v) is 5.04. The lowest BCUT2D eigenvalue weighted by atomic mass is 10.1. The van der Waals surface area contributed by atoms with Crippen LogP contribution >= 0.6 is 15.9 Å². The highest BCUT2D eigenvalue weighted by Gasteiger charge is 2.07. The van der Waals surface area contributed by atoms with Crippen molar-refractivity contribution in [1.29, 1.82) is 0 Å². The maximum Gasteiger partial charge on any atom is 0.246 e. The van der Waals surface area contributed by atoms with E-state index in [1.807, 2.05) is 42.5 Å². The van der Waals surface area contributed by atoms with Crippen LogP contribution in [-0.2, 0) is 29.1 Å². The summed E-state index contributed by atoms with van der Waals surface area (Å²) in [6.07, 6.45) is 4.39. The van der Waals surface area contributed by atoms with Crippen molar-refractivity contribution in [3.05, 3.63) is 76.5 Å². The molecule has 8 heteroatoms. The lowest BCUT2D eigenvalue weighted by Crippen LogP contribution is -2.23. The van der Waals surface area contributed by atoms with Gasteiger partial charge in [-0.25, -0.2) is 0 Å². The van der Waals surface area contributed by atoms with E-state index in [1.165, 1.54) is 0 Å². The first kappa shape index (κ1) is 21.6. The molecule has 0 aliphatic carbocycles. The Morgan fingerprint density at radius 2 is 1.97 bits per heavy atom. The fourth-order valence-electron chi connectivity index (χ4n) is 2.91. The highest BCUT2D eigenvalue weighted by Crippen LogP contribution is 2.25. The van der Waals surface area contributed by atoms with E-state index in [1.54, 1.807) is 30.3 Å². The predicted molar refractivity (Wildman–Crippen MR) is 118 cm³/mol. The van der Waals surface area contributed by atoms with Crippen LogP contribution in [0.5, 0.6) is 5.75 Å². The smallest absolute Gasteiger partial charge is 0.246 e. The normalized spacial score (nSPS) is 10.5. The van der Waals surface area contributed by atoms with Crippen molar-refractivity contribution in [1.82, 2.24) is 15.1 Å². The Balaban J connectivity index is 1.46. The van der Waals surface area contributed by atoms with Gasteiger partial charge in [0.1, 0.15) is 12.3 Å². The number of nitrogens with one attached hydrogen (secondary N) is 2. The molecule has 0 fully saturated rings. The molecule has 3 rings (SSSR count). The van der Waals surface area contributed by atoms with E-state index in [0.717, 1.165) is 21.3 Å². The van der Waals surface area contributed by atoms with E-state index in [9.17, 15) is 9.59 Å². The van der Waals surface area contributed by atoms with Gasteiger partial charge in [-0.15, -0.1) is 0 Å². The second-order valence-electron chi connectivity index (χ2n) is 6.70. The molecule has 2 aromatic carbocycles. The van der Waals surface area contributed by atoms with E-state index < -0.39 is 0 Å². The molecule has 3 aromatic rings. The number of hydrogen-bond donors (Lipinski definition) is 2. The molecular formula is C22H23BrN4O3. The number of benzene rings is 2. The number of ether oxygens (including phenoxy) is 1. The van der Waals surface area contributed by atoms with Gasteiger partial charge >= 0.3 is 0 Å². The number of amides is 2. The molecule has 0 atom stereocenters. The first-order chi connectivity index (χ1) is 14.5. The number of carbonyl (C=O) groups is 2. The molecule has 7 nitrogen and oxygen atoms in total. The van der Waals surface area contributed by atoms with Gasteiger partial charge in [-0.3, -0.25) is 14.3 Å². The number of hydrogen-bond acceptors (Lipinski definition) is 4. The number of aryl methyl sites for hydroxylation is 1. The van der Waals surface area contributed by atoms with E-state index in [0.29, 0.717) is 25.1 Å². The highest BCUT2D eigenvalue weighted by molar-refractivity contribution is 9.10. The molecule has 0 spiro atoms. The van der Waals surface area contributed by atoms with Crippen LogP contribution in [-0.4, -0.2) is 28.7 Å². The third-order valence-electron chi connectivity index (χ3n) is 4.42. The first-order valence-electron chi connectivity index (χ1n) is 9.49. The summed E-state index contributed by atoms with van der Waals surface area (Å²) in [6, 6.07) is 15.0. The molecule has 2 amide bonds. The summed E-state index contributed by atoms with van der Waals surface area (Å²) in [5, 5.41) is 9.78. The van der Waals surface area contributed by atoms with Gasteiger partial charge in [-0.2, -0.15) is 5.10 Å². The largest absolute Gasteiger partial charge is 0.496 e. The van der Waals surface area contributed by atoms with Crippen LogP contribution in [0.1, 0.15) is 17.5 Å². The Kier molecular flexibility index (Phi) is 7.62. The summed E-state index contributed by atoms with van der Waals surface area (Å²) in [5.74, 6) is 0.570. The molecule has 0 saturated heterocycles. The minimum absolute atomic E-state index is 0.0324. The number of rotatable bonds is 9. The summed E-state index contributed by atoms with van der Waals surface area (Å²) in [4.78, 5) is 24.3. The predicted octanol–water partition coefficient (Wildman–Crippen LogP) is 3.54. The van der Waals surface area contributed by atoms with Crippen molar-refractivity contribution >= 4 is 33.4 Å². The molecule has 0 aliphatic rings. The third kappa shape index (κ3) is 6.45. The minimum Gasteiger partial charge on any atom is -0.496 e. The lowest BCUT2D eigenvalue weighted by Gasteiger charge is -2.09. The van der Waals surface area contributed by atoms with Gasteiger partial charge in [-0.1, -0.05) is 18.2 Å².